The number of carbonyl (C=O) groups excluding carboxylic acids is 1. The lowest BCUT2D eigenvalue weighted by atomic mass is 9.68. The van der Waals surface area contributed by atoms with Gasteiger partial charge in [0.25, 0.3) is 0 Å². The van der Waals surface area contributed by atoms with Gasteiger partial charge in [-0.15, -0.1) is 0 Å². The molecule has 1 saturated heterocycles. The predicted octanol–water partition coefficient (Wildman–Crippen LogP) is 4.09. The first-order chi connectivity index (χ1) is 15.8. The van der Waals surface area contributed by atoms with E-state index >= 15 is 0 Å². The topological polar surface area (TPSA) is 66.9 Å². The second kappa shape index (κ2) is 9.57. The molecule has 2 amide bonds. The van der Waals surface area contributed by atoms with E-state index in [-0.39, 0.29) is 22.9 Å². The Balaban J connectivity index is 1.51. The highest BCUT2D eigenvalue weighted by atomic mass is 32.2. The highest BCUT2D eigenvalue weighted by molar-refractivity contribution is 7.78. The van der Waals surface area contributed by atoms with Crippen LogP contribution < -0.4 is 0 Å². The maximum Gasteiger partial charge on any atom is 0.320 e. The highest BCUT2D eigenvalue weighted by Gasteiger charge is 2.53. The summed E-state index contributed by atoms with van der Waals surface area (Å²) in [4.78, 5) is 19.8. The van der Waals surface area contributed by atoms with Gasteiger partial charge in [0.05, 0.1) is 5.54 Å². The van der Waals surface area contributed by atoms with Crippen LogP contribution in [0.5, 0.6) is 0 Å². The molecular formula is C26H34N3O3S-. The molecule has 0 aromatic heterocycles. The molecule has 178 valence electrons. The van der Waals surface area contributed by atoms with Gasteiger partial charge in [0.1, 0.15) is 0 Å². The van der Waals surface area contributed by atoms with Crippen LogP contribution in [0.2, 0.25) is 0 Å². The lowest BCUT2D eigenvalue weighted by molar-refractivity contribution is 0.0261. The molecule has 7 heteroatoms. The van der Waals surface area contributed by atoms with Gasteiger partial charge in [-0.1, -0.05) is 65.7 Å². The Morgan fingerprint density at radius 2 is 1.58 bits per heavy atom. The number of likely N-dealkylation sites (N-methyl/N-ethyl adjacent to an activating group) is 1. The number of urea groups is 1. The molecule has 2 aromatic carbocycles. The number of rotatable bonds is 7. The average Bonchev–Trinajstić information content (AvgIpc) is 3.06. The van der Waals surface area contributed by atoms with Crippen LogP contribution in [0.3, 0.4) is 0 Å². The van der Waals surface area contributed by atoms with E-state index in [9.17, 15) is 13.6 Å². The summed E-state index contributed by atoms with van der Waals surface area (Å²) in [6, 6.07) is 18.4. The minimum atomic E-state index is -2.09. The first-order valence-corrected chi connectivity index (χ1v) is 13.0. The van der Waals surface area contributed by atoms with E-state index in [0.29, 0.717) is 13.1 Å². The molecule has 6 nitrogen and oxygen atoms in total. The van der Waals surface area contributed by atoms with Crippen LogP contribution in [0.15, 0.2) is 54.6 Å². The van der Waals surface area contributed by atoms with Crippen LogP contribution in [0.25, 0.3) is 0 Å². The molecule has 33 heavy (non-hydrogen) atoms. The Bertz CT molecular complexity index is 986. The molecule has 0 N–H and O–H groups in total. The summed E-state index contributed by atoms with van der Waals surface area (Å²) in [6.07, 6.45) is 3.99. The van der Waals surface area contributed by atoms with Crippen molar-refractivity contribution in [1.29, 1.82) is 0 Å². The van der Waals surface area contributed by atoms with E-state index in [4.69, 9.17) is 0 Å². The van der Waals surface area contributed by atoms with E-state index < -0.39 is 11.1 Å². The summed E-state index contributed by atoms with van der Waals surface area (Å²) in [5, 5.41) is 0. The summed E-state index contributed by atoms with van der Waals surface area (Å²) >= 11 is -2.09. The number of amides is 2. The number of carbonyl (C=O) groups is 1. The normalized spacial score (nSPS) is 26.4. The van der Waals surface area contributed by atoms with Crippen LogP contribution >= 0.6 is 0 Å². The van der Waals surface area contributed by atoms with Crippen molar-refractivity contribution in [1.82, 2.24) is 14.7 Å². The maximum atomic E-state index is 13.4. The van der Waals surface area contributed by atoms with Gasteiger partial charge in [0, 0.05) is 30.9 Å². The zero-order chi connectivity index (χ0) is 23.6. The molecule has 0 radical (unpaired) electrons. The minimum absolute atomic E-state index is 0.000130. The first kappa shape index (κ1) is 23.9. The fourth-order valence-electron chi connectivity index (χ4n) is 5.87. The molecule has 1 aliphatic carbocycles. The third-order valence-electron chi connectivity index (χ3n) is 7.73. The SMILES string of the molecule is CCN1C(=O)N(Cc2ccc(CS(=O)[O-])cc2)CC12CCC(c1ccccc1)(N(C)C)CC2. The molecule has 2 fully saturated rings. The summed E-state index contributed by atoms with van der Waals surface area (Å²) in [6.45, 7) is 4.08. The number of hydrogen-bond acceptors (Lipinski definition) is 4. The van der Waals surface area contributed by atoms with Gasteiger partial charge in [0.15, 0.2) is 0 Å². The molecule has 1 saturated carbocycles. The summed E-state index contributed by atoms with van der Waals surface area (Å²) in [7, 11) is 4.33. The number of hydrogen-bond donors (Lipinski definition) is 0. The van der Waals surface area contributed by atoms with Crippen LogP contribution in [0.4, 0.5) is 4.79 Å². The van der Waals surface area contributed by atoms with Gasteiger partial charge < -0.3 is 14.4 Å². The van der Waals surface area contributed by atoms with Gasteiger partial charge in [-0.05, 0) is 63.4 Å². The zero-order valence-electron chi connectivity index (χ0n) is 19.8. The summed E-state index contributed by atoms with van der Waals surface area (Å²) < 4.78 is 21.9. The van der Waals surface area contributed by atoms with Crippen molar-refractivity contribution < 1.29 is 13.6 Å². The fraction of sp³-hybridized carbons (Fsp3) is 0.500. The van der Waals surface area contributed by atoms with Crippen LogP contribution in [-0.4, -0.2) is 62.2 Å². The van der Waals surface area contributed by atoms with Crippen LogP contribution in [-0.2, 0) is 28.9 Å². The van der Waals surface area contributed by atoms with E-state index in [0.717, 1.165) is 43.4 Å². The predicted molar refractivity (Wildman–Crippen MR) is 130 cm³/mol. The second-order valence-electron chi connectivity index (χ2n) is 9.66. The Morgan fingerprint density at radius 3 is 2.12 bits per heavy atom. The zero-order valence-corrected chi connectivity index (χ0v) is 20.6. The standard InChI is InChI=1S/C26H35N3O3S/c1-4-29-24(30)28(18-21-10-12-22(13-11-21)19-33(31)32)20-25(29)14-16-26(17-15-25,27(2)3)23-8-6-5-7-9-23/h5-13H,4,14-20H2,1-3H3,(H,31,32)/p-1. The monoisotopic (exact) mass is 468 g/mol. The van der Waals surface area contributed by atoms with E-state index in [1.807, 2.05) is 29.2 Å². The van der Waals surface area contributed by atoms with E-state index in [2.05, 4.69) is 61.2 Å². The Labute approximate surface area is 199 Å². The Hall–Kier alpha value is -2.22. The Kier molecular flexibility index (Phi) is 6.93. The quantitative estimate of drug-likeness (QED) is 0.574. The summed E-state index contributed by atoms with van der Waals surface area (Å²) in [5.41, 5.74) is 3.02. The van der Waals surface area contributed by atoms with Crippen molar-refractivity contribution in [2.45, 2.75) is 56.0 Å². The molecule has 1 unspecified atom stereocenters. The first-order valence-electron chi connectivity index (χ1n) is 11.7. The molecule has 4 rings (SSSR count). The van der Waals surface area contributed by atoms with Gasteiger partial charge in [-0.25, -0.2) is 4.79 Å². The molecule has 1 spiro atoms. The minimum Gasteiger partial charge on any atom is -0.772 e. The Morgan fingerprint density at radius 1 is 0.970 bits per heavy atom. The number of nitrogens with zero attached hydrogens (tertiary/aromatic N) is 3. The molecule has 1 aliphatic heterocycles. The molecule has 1 heterocycles. The fourth-order valence-corrected chi connectivity index (χ4v) is 6.34. The van der Waals surface area contributed by atoms with Gasteiger partial charge in [-0.2, -0.15) is 0 Å². The lowest BCUT2D eigenvalue weighted by Gasteiger charge is -2.51. The maximum absolute atomic E-state index is 13.4. The molecule has 1 atom stereocenters. The smallest absolute Gasteiger partial charge is 0.320 e. The van der Waals surface area contributed by atoms with Gasteiger partial charge in [-0.3, -0.25) is 9.11 Å². The largest absolute Gasteiger partial charge is 0.772 e. The van der Waals surface area contributed by atoms with E-state index in [1.54, 1.807) is 0 Å². The molecule has 2 aliphatic rings. The van der Waals surface area contributed by atoms with Gasteiger partial charge in [0.2, 0.25) is 0 Å². The van der Waals surface area contributed by atoms with Gasteiger partial charge >= 0.3 is 6.03 Å². The molecular weight excluding hydrogens is 434 g/mol. The van der Waals surface area contributed by atoms with Crippen molar-refractivity contribution >= 4 is 17.1 Å². The van der Waals surface area contributed by atoms with Crippen LogP contribution in [0.1, 0.15) is 49.3 Å². The van der Waals surface area contributed by atoms with Crippen molar-refractivity contribution in [2.75, 3.05) is 27.2 Å². The van der Waals surface area contributed by atoms with Crippen molar-refractivity contribution in [3.8, 4) is 0 Å². The van der Waals surface area contributed by atoms with Crippen molar-refractivity contribution in [3.05, 3.63) is 71.3 Å². The van der Waals surface area contributed by atoms with Crippen LogP contribution in [0, 0.1) is 0 Å². The second-order valence-corrected chi connectivity index (χ2v) is 10.6. The lowest BCUT2D eigenvalue weighted by Crippen LogP contribution is -2.55. The highest BCUT2D eigenvalue weighted by Crippen LogP contribution is 2.48. The number of benzene rings is 2. The third-order valence-corrected chi connectivity index (χ3v) is 8.30. The third kappa shape index (κ3) is 4.59. The van der Waals surface area contributed by atoms with Crippen molar-refractivity contribution in [3.63, 3.8) is 0 Å². The average molecular weight is 469 g/mol. The molecule has 2 aromatic rings. The van der Waals surface area contributed by atoms with E-state index in [1.165, 1.54) is 5.56 Å². The van der Waals surface area contributed by atoms with Crippen molar-refractivity contribution in [2.24, 2.45) is 0 Å². The molecule has 0 bridgehead atoms. The summed E-state index contributed by atoms with van der Waals surface area (Å²) in [5.74, 6) is 0.0185.